The lowest BCUT2D eigenvalue weighted by Crippen LogP contribution is -2.28. The number of ether oxygens (including phenoxy) is 2. The first-order valence-corrected chi connectivity index (χ1v) is 5.61. The summed E-state index contributed by atoms with van der Waals surface area (Å²) in [6, 6.07) is 2.80. The molecular weight excluding hydrogens is 272 g/mol. The molecule has 1 aromatic rings. The Morgan fingerprint density at radius 2 is 2.21 bits per heavy atom. The summed E-state index contributed by atoms with van der Waals surface area (Å²) in [5.74, 6) is 0.797. The SMILES string of the molecule is CNC(=S)NN=Cc1cc2c(cc1[N+](=O)[O-])OCO2. The Bertz CT molecular complexity index is 561. The van der Waals surface area contributed by atoms with Crippen LogP contribution < -0.4 is 20.2 Å². The van der Waals surface area contributed by atoms with Crippen molar-refractivity contribution in [3.05, 3.63) is 27.8 Å². The summed E-state index contributed by atoms with van der Waals surface area (Å²) in [5, 5.41) is 17.7. The van der Waals surface area contributed by atoms with Crippen molar-refractivity contribution in [2.45, 2.75) is 0 Å². The molecule has 9 heteroatoms. The number of fused-ring (bicyclic) bond motifs is 1. The number of hydrogen-bond donors (Lipinski definition) is 2. The van der Waals surface area contributed by atoms with Crippen molar-refractivity contribution >= 4 is 29.2 Å². The van der Waals surface area contributed by atoms with E-state index in [0.29, 0.717) is 22.2 Å². The maximum atomic E-state index is 11.0. The highest BCUT2D eigenvalue weighted by molar-refractivity contribution is 7.80. The quantitative estimate of drug-likeness (QED) is 0.365. The van der Waals surface area contributed by atoms with Gasteiger partial charge in [0.25, 0.3) is 5.69 Å². The zero-order valence-corrected chi connectivity index (χ0v) is 10.7. The third-order valence-corrected chi connectivity index (χ3v) is 2.61. The molecule has 1 aliphatic rings. The molecule has 0 amide bonds. The van der Waals surface area contributed by atoms with Crippen LogP contribution in [0.1, 0.15) is 5.56 Å². The van der Waals surface area contributed by atoms with Gasteiger partial charge in [-0.05, 0) is 18.3 Å². The molecule has 0 saturated heterocycles. The second-order valence-electron chi connectivity index (χ2n) is 3.47. The van der Waals surface area contributed by atoms with E-state index in [1.54, 1.807) is 7.05 Å². The van der Waals surface area contributed by atoms with Gasteiger partial charge in [0.05, 0.1) is 22.8 Å². The first kappa shape index (κ1) is 13.0. The van der Waals surface area contributed by atoms with Gasteiger partial charge in [0.2, 0.25) is 6.79 Å². The van der Waals surface area contributed by atoms with E-state index in [1.165, 1.54) is 18.3 Å². The van der Waals surface area contributed by atoms with Crippen LogP contribution in [0.5, 0.6) is 11.5 Å². The van der Waals surface area contributed by atoms with Gasteiger partial charge in [-0.3, -0.25) is 15.5 Å². The van der Waals surface area contributed by atoms with E-state index in [0.717, 1.165) is 0 Å². The van der Waals surface area contributed by atoms with Crippen LogP contribution >= 0.6 is 12.2 Å². The molecule has 0 atom stereocenters. The largest absolute Gasteiger partial charge is 0.454 e. The molecule has 1 heterocycles. The topological polar surface area (TPSA) is 98.0 Å². The molecule has 0 radical (unpaired) electrons. The molecule has 19 heavy (non-hydrogen) atoms. The molecule has 0 saturated carbocycles. The molecule has 8 nitrogen and oxygen atoms in total. The van der Waals surface area contributed by atoms with Crippen LogP contribution in [0.4, 0.5) is 5.69 Å². The van der Waals surface area contributed by atoms with E-state index in [-0.39, 0.29) is 12.5 Å². The molecule has 1 aromatic carbocycles. The minimum atomic E-state index is -0.514. The van der Waals surface area contributed by atoms with E-state index < -0.39 is 4.92 Å². The van der Waals surface area contributed by atoms with E-state index >= 15 is 0 Å². The molecular formula is C10H10N4O4S. The van der Waals surface area contributed by atoms with Crippen molar-refractivity contribution in [1.29, 1.82) is 0 Å². The van der Waals surface area contributed by atoms with Crippen LogP contribution in [0.3, 0.4) is 0 Å². The zero-order valence-electron chi connectivity index (χ0n) is 9.87. The minimum absolute atomic E-state index is 0.0508. The molecule has 2 rings (SSSR count). The minimum Gasteiger partial charge on any atom is -0.454 e. The van der Waals surface area contributed by atoms with Crippen molar-refractivity contribution in [2.75, 3.05) is 13.8 Å². The normalized spacial score (nSPS) is 12.5. The summed E-state index contributed by atoms with van der Waals surface area (Å²) in [5.41, 5.74) is 2.68. The Hall–Kier alpha value is -2.42. The van der Waals surface area contributed by atoms with E-state index in [1.807, 2.05) is 0 Å². The summed E-state index contributed by atoms with van der Waals surface area (Å²) in [7, 11) is 1.63. The van der Waals surface area contributed by atoms with Crippen LogP contribution in [0, 0.1) is 10.1 Å². The smallest absolute Gasteiger partial charge is 0.282 e. The van der Waals surface area contributed by atoms with Gasteiger partial charge in [-0.25, -0.2) is 0 Å². The van der Waals surface area contributed by atoms with Gasteiger partial charge in [0.1, 0.15) is 0 Å². The fourth-order valence-corrected chi connectivity index (χ4v) is 1.48. The Morgan fingerprint density at radius 3 is 2.84 bits per heavy atom. The van der Waals surface area contributed by atoms with Crippen molar-refractivity contribution in [3.8, 4) is 11.5 Å². The number of nitrogens with one attached hydrogen (secondary N) is 2. The first-order chi connectivity index (χ1) is 9.11. The maximum absolute atomic E-state index is 11.0. The van der Waals surface area contributed by atoms with Crippen molar-refractivity contribution in [2.24, 2.45) is 5.10 Å². The maximum Gasteiger partial charge on any atom is 0.282 e. The summed E-state index contributed by atoms with van der Waals surface area (Å²) in [6.45, 7) is 0.0508. The summed E-state index contributed by atoms with van der Waals surface area (Å²) in [6.07, 6.45) is 1.30. The van der Waals surface area contributed by atoms with Gasteiger partial charge in [0.15, 0.2) is 16.6 Å². The van der Waals surface area contributed by atoms with Crippen LogP contribution in [0.2, 0.25) is 0 Å². The fourth-order valence-electron chi connectivity index (χ4n) is 1.42. The standard InChI is InChI=1S/C10H10N4O4S/c1-11-10(19)13-12-4-6-2-8-9(18-5-17-8)3-7(6)14(15)16/h2-4H,5H2,1H3,(H2,11,13,19). The van der Waals surface area contributed by atoms with E-state index in [2.05, 4.69) is 15.8 Å². The molecule has 0 fully saturated rings. The Balaban J connectivity index is 2.28. The van der Waals surface area contributed by atoms with Crippen LogP contribution in [0.15, 0.2) is 17.2 Å². The predicted octanol–water partition coefficient (Wildman–Crippen LogP) is 0.751. The van der Waals surface area contributed by atoms with Crippen LogP contribution in [0.25, 0.3) is 0 Å². The van der Waals surface area contributed by atoms with Crippen LogP contribution in [-0.2, 0) is 0 Å². The van der Waals surface area contributed by atoms with Crippen molar-refractivity contribution in [1.82, 2.24) is 10.7 Å². The second-order valence-corrected chi connectivity index (χ2v) is 3.88. The fraction of sp³-hybridized carbons (Fsp3) is 0.200. The number of nitrogens with zero attached hydrogens (tertiary/aromatic N) is 2. The molecule has 1 aliphatic heterocycles. The molecule has 0 aromatic heterocycles. The van der Waals surface area contributed by atoms with Gasteiger partial charge < -0.3 is 14.8 Å². The summed E-state index contributed by atoms with van der Waals surface area (Å²) in [4.78, 5) is 10.4. The third-order valence-electron chi connectivity index (χ3n) is 2.32. The average Bonchev–Trinajstić information content (AvgIpc) is 2.84. The van der Waals surface area contributed by atoms with Gasteiger partial charge >= 0.3 is 0 Å². The average molecular weight is 282 g/mol. The van der Waals surface area contributed by atoms with Gasteiger partial charge in [-0.1, -0.05) is 0 Å². The number of rotatable bonds is 3. The van der Waals surface area contributed by atoms with Gasteiger partial charge in [-0.2, -0.15) is 5.10 Å². The van der Waals surface area contributed by atoms with E-state index in [9.17, 15) is 10.1 Å². The van der Waals surface area contributed by atoms with Gasteiger partial charge in [0, 0.05) is 7.05 Å². The van der Waals surface area contributed by atoms with Crippen molar-refractivity contribution in [3.63, 3.8) is 0 Å². The van der Waals surface area contributed by atoms with Crippen LogP contribution in [-0.4, -0.2) is 30.1 Å². The molecule has 0 unspecified atom stereocenters. The molecule has 100 valence electrons. The Labute approximate surface area is 113 Å². The molecule has 0 bridgehead atoms. The van der Waals surface area contributed by atoms with E-state index in [4.69, 9.17) is 21.7 Å². The number of hydrazone groups is 1. The highest BCUT2D eigenvalue weighted by Crippen LogP contribution is 2.37. The number of thiocarbonyl (C=S) groups is 1. The Morgan fingerprint density at radius 1 is 1.53 bits per heavy atom. The molecule has 0 aliphatic carbocycles. The lowest BCUT2D eigenvalue weighted by atomic mass is 10.1. The Kier molecular flexibility index (Phi) is 3.76. The molecule has 2 N–H and O–H groups in total. The highest BCUT2D eigenvalue weighted by Gasteiger charge is 2.22. The van der Waals surface area contributed by atoms with Crippen molar-refractivity contribution < 1.29 is 14.4 Å². The third kappa shape index (κ3) is 2.88. The number of hydrogen-bond acceptors (Lipinski definition) is 6. The lowest BCUT2D eigenvalue weighted by Gasteiger charge is -2.02. The predicted molar refractivity (Wildman–Crippen MR) is 71.6 cm³/mol. The second kappa shape index (κ2) is 5.48. The number of benzene rings is 1. The zero-order chi connectivity index (χ0) is 13.8. The first-order valence-electron chi connectivity index (χ1n) is 5.20. The number of nitro groups is 1. The summed E-state index contributed by atoms with van der Waals surface area (Å²) >= 11 is 4.82. The lowest BCUT2D eigenvalue weighted by molar-refractivity contribution is -0.385. The van der Waals surface area contributed by atoms with Gasteiger partial charge in [-0.15, -0.1) is 0 Å². The number of nitro benzene ring substituents is 1. The monoisotopic (exact) mass is 282 g/mol. The highest BCUT2D eigenvalue weighted by atomic mass is 32.1. The summed E-state index contributed by atoms with van der Waals surface area (Å²) < 4.78 is 10.2. The molecule has 0 spiro atoms.